The Morgan fingerprint density at radius 3 is 2.20 bits per heavy atom. The number of hydrogen-bond acceptors (Lipinski definition) is 2. The maximum atomic E-state index is 10.8. The maximum Gasteiger partial charge on any atom is 0.269 e. The molecule has 4 aliphatic rings. The third kappa shape index (κ3) is 1.79. The summed E-state index contributed by atoms with van der Waals surface area (Å²) in [7, 11) is 0. The molecule has 20 heavy (non-hydrogen) atoms. The molecule has 4 aliphatic carbocycles. The summed E-state index contributed by atoms with van der Waals surface area (Å²) in [6.45, 7) is 0. The van der Waals surface area contributed by atoms with Crippen molar-refractivity contribution in [1.29, 1.82) is 0 Å². The van der Waals surface area contributed by atoms with Gasteiger partial charge in [-0.15, -0.1) is 11.6 Å². The molecule has 0 amide bonds. The van der Waals surface area contributed by atoms with E-state index in [0.29, 0.717) is 0 Å². The van der Waals surface area contributed by atoms with Crippen LogP contribution in [0.5, 0.6) is 0 Å². The Hall–Kier alpha value is -1.09. The van der Waals surface area contributed by atoms with Crippen LogP contribution in [0.4, 0.5) is 5.69 Å². The van der Waals surface area contributed by atoms with Gasteiger partial charge in [0.25, 0.3) is 5.69 Å². The van der Waals surface area contributed by atoms with Gasteiger partial charge in [0.05, 0.1) is 4.92 Å². The van der Waals surface area contributed by atoms with E-state index >= 15 is 0 Å². The Morgan fingerprint density at radius 1 is 1.10 bits per heavy atom. The lowest BCUT2D eigenvalue weighted by Crippen LogP contribution is -2.55. The van der Waals surface area contributed by atoms with Crippen molar-refractivity contribution < 1.29 is 4.92 Å². The quantitative estimate of drug-likeness (QED) is 0.460. The third-order valence-corrected chi connectivity index (χ3v) is 6.12. The summed E-state index contributed by atoms with van der Waals surface area (Å²) in [6, 6.07) is 7.22. The van der Waals surface area contributed by atoms with Crippen LogP contribution in [-0.2, 0) is 5.41 Å². The molecule has 4 bridgehead atoms. The first-order valence-corrected chi connectivity index (χ1v) is 7.80. The fourth-order valence-electron chi connectivity index (χ4n) is 5.43. The second-order valence-electron chi connectivity index (χ2n) is 7.20. The summed E-state index contributed by atoms with van der Waals surface area (Å²) in [6.07, 6.45) is 7.15. The summed E-state index contributed by atoms with van der Waals surface area (Å²) in [5.74, 6) is 1.51. The van der Waals surface area contributed by atoms with Gasteiger partial charge in [0.1, 0.15) is 0 Å². The molecule has 0 radical (unpaired) electrons. The van der Waals surface area contributed by atoms with E-state index in [1.54, 1.807) is 12.1 Å². The maximum absolute atomic E-state index is 10.8. The monoisotopic (exact) mass is 291 g/mol. The van der Waals surface area contributed by atoms with Gasteiger partial charge in [0.2, 0.25) is 0 Å². The van der Waals surface area contributed by atoms with E-state index in [-0.39, 0.29) is 20.9 Å². The molecule has 1 aromatic carbocycles. The van der Waals surface area contributed by atoms with Crippen LogP contribution >= 0.6 is 11.6 Å². The summed E-state index contributed by atoms with van der Waals surface area (Å²) < 4.78 is 0. The Balaban J connectivity index is 1.72. The molecule has 4 saturated carbocycles. The zero-order valence-electron chi connectivity index (χ0n) is 11.3. The fourth-order valence-corrected chi connectivity index (χ4v) is 6.12. The summed E-state index contributed by atoms with van der Waals surface area (Å²) in [5, 5.41) is 10.8. The van der Waals surface area contributed by atoms with Crippen LogP contribution in [0.1, 0.15) is 44.1 Å². The van der Waals surface area contributed by atoms with Crippen LogP contribution < -0.4 is 0 Å². The van der Waals surface area contributed by atoms with Crippen LogP contribution in [0.15, 0.2) is 24.3 Å². The lowest BCUT2D eigenvalue weighted by Gasteiger charge is -2.60. The molecule has 0 N–H and O–H groups in total. The summed E-state index contributed by atoms with van der Waals surface area (Å²) in [4.78, 5) is 10.5. The van der Waals surface area contributed by atoms with Gasteiger partial charge in [0, 0.05) is 17.0 Å². The van der Waals surface area contributed by atoms with Crippen LogP contribution in [0.3, 0.4) is 0 Å². The second-order valence-corrected chi connectivity index (χ2v) is 8.00. The molecule has 1 aromatic rings. The molecule has 0 aliphatic heterocycles. The van der Waals surface area contributed by atoms with Gasteiger partial charge in [-0.05, 0) is 61.3 Å². The van der Waals surface area contributed by atoms with E-state index in [2.05, 4.69) is 0 Å². The zero-order chi connectivity index (χ0) is 14.0. The predicted molar refractivity (Wildman–Crippen MR) is 78.0 cm³/mol. The highest BCUT2D eigenvalue weighted by molar-refractivity contribution is 6.24. The molecule has 4 atom stereocenters. The number of nitrogens with zero attached hydrogens (tertiary/aromatic N) is 1. The summed E-state index contributed by atoms with van der Waals surface area (Å²) in [5.41, 5.74) is 1.63. The number of halogens is 1. The van der Waals surface area contributed by atoms with Gasteiger partial charge in [-0.3, -0.25) is 10.1 Å². The fraction of sp³-hybridized carbons (Fsp3) is 0.625. The van der Waals surface area contributed by atoms with Gasteiger partial charge in [-0.2, -0.15) is 0 Å². The minimum absolute atomic E-state index is 0.00808. The van der Waals surface area contributed by atoms with Crippen LogP contribution in [0.25, 0.3) is 0 Å². The van der Waals surface area contributed by atoms with Crippen LogP contribution in [0, 0.1) is 22.0 Å². The number of rotatable bonds is 2. The van der Waals surface area contributed by atoms with Crippen molar-refractivity contribution in [3.8, 4) is 0 Å². The standard InChI is InChI=1S/C16H18ClNO2/c17-16-8-11-5-12(9-16)7-15(6-11,10-16)13-1-3-14(4-2-13)18(19)20/h1-4,11-12H,5-10H2/t11-,12+,15?,16?. The van der Waals surface area contributed by atoms with E-state index in [9.17, 15) is 10.1 Å². The van der Waals surface area contributed by atoms with Crippen molar-refractivity contribution in [1.82, 2.24) is 0 Å². The molecule has 4 heteroatoms. The first-order chi connectivity index (χ1) is 9.48. The number of benzene rings is 1. The number of nitro groups is 1. The molecule has 5 rings (SSSR count). The second kappa shape index (κ2) is 3.97. The highest BCUT2D eigenvalue weighted by Gasteiger charge is 2.57. The highest BCUT2D eigenvalue weighted by Crippen LogP contribution is 2.64. The average molecular weight is 292 g/mol. The molecule has 0 aromatic heterocycles. The van der Waals surface area contributed by atoms with Crippen molar-refractivity contribution >= 4 is 17.3 Å². The van der Waals surface area contributed by atoms with Crippen molar-refractivity contribution in [2.75, 3.05) is 0 Å². The summed E-state index contributed by atoms with van der Waals surface area (Å²) >= 11 is 6.84. The van der Waals surface area contributed by atoms with E-state index in [1.807, 2.05) is 12.1 Å². The van der Waals surface area contributed by atoms with Crippen LogP contribution in [0.2, 0.25) is 0 Å². The van der Waals surface area contributed by atoms with E-state index < -0.39 is 0 Å². The largest absolute Gasteiger partial charge is 0.269 e. The van der Waals surface area contributed by atoms with E-state index in [4.69, 9.17) is 11.6 Å². The number of alkyl halides is 1. The number of nitro benzene ring substituents is 1. The van der Waals surface area contributed by atoms with Crippen molar-refractivity contribution in [3.63, 3.8) is 0 Å². The van der Waals surface area contributed by atoms with Gasteiger partial charge < -0.3 is 0 Å². The van der Waals surface area contributed by atoms with Gasteiger partial charge in [-0.25, -0.2) is 0 Å². The van der Waals surface area contributed by atoms with Gasteiger partial charge >= 0.3 is 0 Å². The van der Waals surface area contributed by atoms with Crippen molar-refractivity contribution in [3.05, 3.63) is 39.9 Å². The molecule has 106 valence electrons. The molecule has 2 unspecified atom stereocenters. The molecule has 0 spiro atoms. The lowest BCUT2D eigenvalue weighted by molar-refractivity contribution is -0.384. The number of hydrogen-bond donors (Lipinski definition) is 0. The predicted octanol–water partition coefficient (Wildman–Crippen LogP) is 4.42. The van der Waals surface area contributed by atoms with Crippen molar-refractivity contribution in [2.45, 2.75) is 48.8 Å². The first-order valence-electron chi connectivity index (χ1n) is 7.42. The van der Waals surface area contributed by atoms with Gasteiger partial charge in [-0.1, -0.05) is 12.1 Å². The van der Waals surface area contributed by atoms with Gasteiger partial charge in [0.15, 0.2) is 0 Å². The molecule has 0 heterocycles. The minimum Gasteiger partial charge on any atom is -0.258 e. The van der Waals surface area contributed by atoms with E-state index in [0.717, 1.165) is 18.3 Å². The molecular formula is C16H18ClNO2. The molecular weight excluding hydrogens is 274 g/mol. The Bertz CT molecular complexity index is 554. The Kier molecular flexibility index (Phi) is 2.51. The topological polar surface area (TPSA) is 43.1 Å². The Labute approximate surface area is 123 Å². The smallest absolute Gasteiger partial charge is 0.258 e. The molecule has 0 saturated heterocycles. The number of non-ortho nitro benzene ring substituents is 1. The molecule has 3 nitrogen and oxygen atoms in total. The molecule has 4 fully saturated rings. The van der Waals surface area contributed by atoms with Crippen molar-refractivity contribution in [2.24, 2.45) is 11.8 Å². The van der Waals surface area contributed by atoms with Crippen LogP contribution in [-0.4, -0.2) is 9.80 Å². The minimum atomic E-state index is -0.327. The third-order valence-electron chi connectivity index (χ3n) is 5.68. The normalized spacial score (nSPS) is 41.9. The lowest BCUT2D eigenvalue weighted by atomic mass is 9.47. The SMILES string of the molecule is O=[N+]([O-])c1ccc(C23C[C@@H]4C[C@@H](CC(Cl)(C4)C2)C3)cc1. The zero-order valence-corrected chi connectivity index (χ0v) is 12.1. The Morgan fingerprint density at radius 2 is 1.70 bits per heavy atom. The average Bonchev–Trinajstić information content (AvgIpc) is 2.36. The first kappa shape index (κ1) is 12.6. The highest BCUT2D eigenvalue weighted by atomic mass is 35.5. The van der Waals surface area contributed by atoms with E-state index in [1.165, 1.54) is 37.7 Å².